The van der Waals surface area contributed by atoms with Crippen LogP contribution in [-0.2, 0) is 9.59 Å². The molecule has 154 valence electrons. The Hall–Kier alpha value is -2.25. The van der Waals surface area contributed by atoms with E-state index in [9.17, 15) is 22.8 Å². The number of ether oxygens (including phenoxy) is 1. The van der Waals surface area contributed by atoms with Gasteiger partial charge in [0.15, 0.2) is 0 Å². The van der Waals surface area contributed by atoms with Crippen molar-refractivity contribution in [2.24, 2.45) is 10.8 Å². The second-order valence-corrected chi connectivity index (χ2v) is 8.83. The van der Waals surface area contributed by atoms with Crippen LogP contribution in [-0.4, -0.2) is 42.7 Å². The summed E-state index contributed by atoms with van der Waals surface area (Å²) >= 11 is 0. The average Bonchev–Trinajstić information content (AvgIpc) is 2.85. The van der Waals surface area contributed by atoms with Crippen molar-refractivity contribution >= 4 is 17.5 Å². The molecule has 2 amide bonds. The Bertz CT molecular complexity index is 755. The lowest BCUT2D eigenvalue weighted by Gasteiger charge is -2.40. The number of carbonyl (C=O) groups is 2. The molecule has 3 rings (SSSR count). The Morgan fingerprint density at radius 2 is 1.64 bits per heavy atom. The zero-order chi connectivity index (χ0) is 20.7. The number of amides is 2. The van der Waals surface area contributed by atoms with E-state index in [4.69, 9.17) is 0 Å². The fourth-order valence-corrected chi connectivity index (χ4v) is 3.99. The molecule has 5 nitrogen and oxygen atoms in total. The Morgan fingerprint density at radius 1 is 1.04 bits per heavy atom. The maximum atomic E-state index is 13.1. The molecular formula is C20H25F3N2O3. The van der Waals surface area contributed by atoms with Crippen LogP contribution in [0.15, 0.2) is 24.3 Å². The van der Waals surface area contributed by atoms with Crippen molar-refractivity contribution in [3.63, 3.8) is 0 Å². The van der Waals surface area contributed by atoms with Gasteiger partial charge in [0.2, 0.25) is 11.8 Å². The monoisotopic (exact) mass is 398 g/mol. The highest BCUT2D eigenvalue weighted by atomic mass is 19.4. The number of rotatable bonds is 3. The van der Waals surface area contributed by atoms with Crippen LogP contribution in [0.5, 0.6) is 5.75 Å². The highest BCUT2D eigenvalue weighted by Crippen LogP contribution is 2.44. The molecule has 0 aliphatic carbocycles. The number of alkyl halides is 3. The highest BCUT2D eigenvalue weighted by Gasteiger charge is 2.51. The van der Waals surface area contributed by atoms with Gasteiger partial charge in [-0.05, 0) is 42.5 Å². The number of piperidine rings is 1. The summed E-state index contributed by atoms with van der Waals surface area (Å²) in [6.45, 7) is 7.86. The smallest absolute Gasteiger partial charge is 0.406 e. The molecule has 2 aliphatic rings. The van der Waals surface area contributed by atoms with Gasteiger partial charge in [0.25, 0.3) is 0 Å². The number of carbonyl (C=O) groups excluding carboxylic acids is 2. The first-order valence-electron chi connectivity index (χ1n) is 9.34. The summed E-state index contributed by atoms with van der Waals surface area (Å²) in [4.78, 5) is 29.1. The zero-order valence-electron chi connectivity index (χ0n) is 16.3. The van der Waals surface area contributed by atoms with E-state index in [1.165, 1.54) is 24.3 Å². The lowest BCUT2D eigenvalue weighted by atomic mass is 9.76. The van der Waals surface area contributed by atoms with Crippen molar-refractivity contribution in [1.29, 1.82) is 0 Å². The van der Waals surface area contributed by atoms with Crippen LogP contribution in [0.1, 0.15) is 40.0 Å². The van der Waals surface area contributed by atoms with E-state index in [2.05, 4.69) is 25.5 Å². The molecule has 28 heavy (non-hydrogen) atoms. The first-order valence-corrected chi connectivity index (χ1v) is 9.34. The van der Waals surface area contributed by atoms with E-state index in [1.54, 1.807) is 4.90 Å². The SMILES string of the molecule is CC(C)(C)CN1CCC2(CCN(c3ccc(OC(F)(F)F)cc3)C2=O)CC1=O. The molecular weight excluding hydrogens is 373 g/mol. The van der Waals surface area contributed by atoms with Crippen LogP contribution in [0, 0.1) is 10.8 Å². The predicted octanol–water partition coefficient (Wildman–Crippen LogP) is 3.98. The topological polar surface area (TPSA) is 49.9 Å². The molecule has 2 heterocycles. The number of benzene rings is 1. The standard InChI is InChI=1S/C20H25F3N2O3/c1-18(2,3)13-24-10-8-19(12-16(24)26)9-11-25(17(19)27)14-4-6-15(7-5-14)28-20(21,22)23/h4-7H,8-13H2,1-3H3. The summed E-state index contributed by atoms with van der Waals surface area (Å²) in [6, 6.07) is 5.26. The number of hydrogen-bond acceptors (Lipinski definition) is 3. The molecule has 1 spiro atoms. The van der Waals surface area contributed by atoms with Gasteiger partial charge in [-0.3, -0.25) is 9.59 Å². The third kappa shape index (κ3) is 4.42. The van der Waals surface area contributed by atoms with Crippen LogP contribution in [0.3, 0.4) is 0 Å². The predicted molar refractivity (Wildman–Crippen MR) is 97.8 cm³/mol. The van der Waals surface area contributed by atoms with Gasteiger partial charge in [-0.25, -0.2) is 0 Å². The van der Waals surface area contributed by atoms with Crippen LogP contribution in [0.2, 0.25) is 0 Å². The maximum Gasteiger partial charge on any atom is 0.573 e. The van der Waals surface area contributed by atoms with Crippen molar-refractivity contribution in [3.8, 4) is 5.75 Å². The number of nitrogens with zero attached hydrogens (tertiary/aromatic N) is 2. The van der Waals surface area contributed by atoms with E-state index in [0.717, 1.165) is 0 Å². The maximum absolute atomic E-state index is 13.1. The molecule has 8 heteroatoms. The molecule has 1 atom stereocenters. The largest absolute Gasteiger partial charge is 0.573 e. The van der Waals surface area contributed by atoms with Gasteiger partial charge in [-0.2, -0.15) is 0 Å². The van der Waals surface area contributed by atoms with E-state index in [-0.39, 0.29) is 29.4 Å². The minimum Gasteiger partial charge on any atom is -0.406 e. The summed E-state index contributed by atoms with van der Waals surface area (Å²) < 4.78 is 40.7. The number of anilines is 1. The van der Waals surface area contributed by atoms with Crippen LogP contribution in [0.4, 0.5) is 18.9 Å². The molecule has 2 fully saturated rings. The quantitative estimate of drug-likeness (QED) is 0.774. The molecule has 0 saturated carbocycles. The van der Waals surface area contributed by atoms with Gasteiger partial charge in [0.1, 0.15) is 5.75 Å². The van der Waals surface area contributed by atoms with E-state index in [0.29, 0.717) is 38.2 Å². The first kappa shape index (κ1) is 20.5. The summed E-state index contributed by atoms with van der Waals surface area (Å²) in [7, 11) is 0. The minimum absolute atomic E-state index is 0.00782. The number of likely N-dealkylation sites (tertiary alicyclic amines) is 1. The van der Waals surface area contributed by atoms with Crippen molar-refractivity contribution in [3.05, 3.63) is 24.3 Å². The van der Waals surface area contributed by atoms with Gasteiger partial charge >= 0.3 is 6.36 Å². The zero-order valence-corrected chi connectivity index (χ0v) is 16.3. The Morgan fingerprint density at radius 3 is 2.18 bits per heavy atom. The summed E-state index contributed by atoms with van der Waals surface area (Å²) in [5.41, 5.74) is -0.195. The highest BCUT2D eigenvalue weighted by molar-refractivity contribution is 6.02. The molecule has 1 unspecified atom stereocenters. The van der Waals surface area contributed by atoms with Gasteiger partial charge in [-0.15, -0.1) is 13.2 Å². The molecule has 2 saturated heterocycles. The minimum atomic E-state index is -4.75. The molecule has 1 aromatic carbocycles. The van der Waals surface area contributed by atoms with Crippen LogP contribution in [0.25, 0.3) is 0 Å². The third-order valence-electron chi connectivity index (χ3n) is 5.26. The Kier molecular flexibility index (Phi) is 5.10. The lowest BCUT2D eigenvalue weighted by molar-refractivity contribution is -0.274. The fraction of sp³-hybridized carbons (Fsp3) is 0.600. The molecule has 0 bridgehead atoms. The lowest BCUT2D eigenvalue weighted by Crippen LogP contribution is -2.49. The van der Waals surface area contributed by atoms with Gasteiger partial charge < -0.3 is 14.5 Å². The average molecular weight is 398 g/mol. The van der Waals surface area contributed by atoms with Crippen LogP contribution >= 0.6 is 0 Å². The summed E-state index contributed by atoms with van der Waals surface area (Å²) in [6.07, 6.45) is -3.38. The molecule has 0 aromatic heterocycles. The van der Waals surface area contributed by atoms with Gasteiger partial charge in [-0.1, -0.05) is 20.8 Å². The molecule has 2 aliphatic heterocycles. The van der Waals surface area contributed by atoms with E-state index in [1.807, 2.05) is 4.90 Å². The van der Waals surface area contributed by atoms with Gasteiger partial charge in [0, 0.05) is 31.7 Å². The number of hydrogen-bond donors (Lipinski definition) is 0. The Balaban J connectivity index is 1.69. The summed E-state index contributed by atoms with van der Waals surface area (Å²) in [5.74, 6) is -0.464. The second-order valence-electron chi connectivity index (χ2n) is 8.83. The van der Waals surface area contributed by atoms with Gasteiger partial charge in [0.05, 0.1) is 5.41 Å². The second kappa shape index (κ2) is 6.97. The first-order chi connectivity index (χ1) is 12.9. The summed E-state index contributed by atoms with van der Waals surface area (Å²) in [5, 5.41) is 0. The Labute approximate surface area is 162 Å². The molecule has 0 N–H and O–H groups in total. The van der Waals surface area contributed by atoms with Crippen molar-refractivity contribution < 1.29 is 27.5 Å². The van der Waals surface area contributed by atoms with Crippen molar-refractivity contribution in [2.45, 2.75) is 46.4 Å². The molecule has 0 radical (unpaired) electrons. The van der Waals surface area contributed by atoms with E-state index < -0.39 is 11.8 Å². The van der Waals surface area contributed by atoms with Crippen molar-refractivity contribution in [2.75, 3.05) is 24.5 Å². The molecule has 1 aromatic rings. The third-order valence-corrected chi connectivity index (χ3v) is 5.26. The van der Waals surface area contributed by atoms with Crippen LogP contribution < -0.4 is 9.64 Å². The normalized spacial score (nSPS) is 23.6. The van der Waals surface area contributed by atoms with E-state index >= 15 is 0 Å². The number of halogens is 3. The van der Waals surface area contributed by atoms with Crippen molar-refractivity contribution in [1.82, 2.24) is 4.90 Å². The fourth-order valence-electron chi connectivity index (χ4n) is 3.99.